The van der Waals surface area contributed by atoms with Gasteiger partial charge in [0.15, 0.2) is 0 Å². The van der Waals surface area contributed by atoms with Crippen molar-refractivity contribution in [3.8, 4) is 5.75 Å². The van der Waals surface area contributed by atoms with Crippen LogP contribution < -0.4 is 0 Å². The van der Waals surface area contributed by atoms with E-state index in [1.54, 1.807) is 12.1 Å². The van der Waals surface area contributed by atoms with Crippen LogP contribution in [0.25, 0.3) is 4.85 Å². The Morgan fingerprint density at radius 2 is 1.86 bits per heavy atom. The van der Waals surface area contributed by atoms with Crippen molar-refractivity contribution in [2.75, 3.05) is 0 Å². The first-order chi connectivity index (χ1) is 6.56. The van der Waals surface area contributed by atoms with Crippen molar-refractivity contribution in [1.82, 2.24) is 0 Å². The zero-order valence-electron chi connectivity index (χ0n) is 7.51. The van der Waals surface area contributed by atoms with Crippen LogP contribution >= 0.6 is 0 Å². The van der Waals surface area contributed by atoms with Crippen LogP contribution in [0.3, 0.4) is 0 Å². The molecule has 1 rings (SSSR count). The van der Waals surface area contributed by atoms with Gasteiger partial charge in [0.2, 0.25) is 10.3 Å². The second-order valence-electron chi connectivity index (χ2n) is 2.33. The van der Waals surface area contributed by atoms with E-state index in [9.17, 15) is 8.42 Å². The molecule has 1 aromatic rings. The minimum Gasteiger partial charge on any atom is -0.508 e. The van der Waals surface area contributed by atoms with Crippen LogP contribution in [0.15, 0.2) is 24.3 Å². The molecule has 0 saturated heterocycles. The first kappa shape index (κ1) is 12.2. The Hall–Kier alpha value is -1.80. The van der Waals surface area contributed by atoms with Crippen molar-refractivity contribution in [2.24, 2.45) is 0 Å². The van der Waals surface area contributed by atoms with Gasteiger partial charge in [-0.15, -0.1) is 0 Å². The fourth-order valence-electron chi connectivity index (χ4n) is 0.588. The van der Waals surface area contributed by atoms with Gasteiger partial charge >= 0.3 is 0 Å². The second-order valence-corrected chi connectivity index (χ2v) is 3.06. The first-order valence-electron chi connectivity index (χ1n) is 3.60. The van der Waals surface area contributed by atoms with Crippen LogP contribution in [-0.4, -0.2) is 19.0 Å². The lowest BCUT2D eigenvalue weighted by molar-refractivity contribution is 0.475. The summed E-state index contributed by atoms with van der Waals surface area (Å²) in [5.41, 5.74) is 1.67. The molecule has 0 aliphatic heterocycles. The summed E-state index contributed by atoms with van der Waals surface area (Å²) < 4.78 is 18.7. The highest BCUT2D eigenvalue weighted by Crippen LogP contribution is 2.07. The molecule has 14 heavy (non-hydrogen) atoms. The summed E-state index contributed by atoms with van der Waals surface area (Å²) in [6.45, 7) is 7.90. The van der Waals surface area contributed by atoms with Crippen LogP contribution in [0.1, 0.15) is 5.56 Å². The topological polar surface area (TPSA) is 58.7 Å². The maximum absolute atomic E-state index is 9.33. The van der Waals surface area contributed by atoms with Crippen LogP contribution in [-0.2, 0) is 10.3 Å². The number of hydrogen-bond acceptors (Lipinski definition) is 3. The average Bonchev–Trinajstić information content (AvgIpc) is 2.11. The maximum Gasteiger partial charge on any atom is 0.270 e. The Balaban J connectivity index is 0.000000255. The van der Waals surface area contributed by atoms with Gasteiger partial charge in [-0.3, -0.25) is 0 Å². The molecule has 0 heterocycles. The number of benzene rings is 1. The number of nitrogens with zero attached hydrogens (tertiary/aromatic N) is 1. The molecule has 0 spiro atoms. The molecular weight excluding hydrogens is 202 g/mol. The monoisotopic (exact) mass is 211 g/mol. The Bertz CT molecular complexity index is 411. The van der Waals surface area contributed by atoms with E-state index in [0.717, 1.165) is 0 Å². The molecule has 1 aromatic carbocycles. The van der Waals surface area contributed by atoms with Crippen LogP contribution in [0.5, 0.6) is 5.75 Å². The number of aromatic hydroxyl groups is 1. The molecule has 4 nitrogen and oxygen atoms in total. The fraction of sp³-hybridized carbons (Fsp3) is 0.111. The average molecular weight is 211 g/mol. The highest BCUT2D eigenvalue weighted by atomic mass is 32.2. The molecule has 0 aliphatic carbocycles. The van der Waals surface area contributed by atoms with Gasteiger partial charge < -0.3 is 5.11 Å². The molecule has 5 heteroatoms. The Kier molecular flexibility index (Phi) is 5.83. The molecular formula is C9H9NO3S. The van der Waals surface area contributed by atoms with Gasteiger partial charge in [0.25, 0.3) is 5.49 Å². The number of hydrogen-bond donors (Lipinski definition) is 1. The van der Waals surface area contributed by atoms with Gasteiger partial charge in [-0.2, -0.15) is 8.42 Å². The lowest BCUT2D eigenvalue weighted by Crippen LogP contribution is -1.66. The molecule has 0 bridgehead atoms. The largest absolute Gasteiger partial charge is 0.508 e. The summed E-state index contributed by atoms with van der Waals surface area (Å²) in [5.74, 6) is 0.329. The van der Waals surface area contributed by atoms with Gasteiger partial charge in [-0.05, 0) is 19.1 Å². The van der Waals surface area contributed by atoms with Crippen LogP contribution in [0, 0.1) is 13.5 Å². The first-order valence-corrected chi connectivity index (χ1v) is 4.73. The Labute approximate surface area is 83.8 Å². The number of phenols is 1. The van der Waals surface area contributed by atoms with Gasteiger partial charge in [0.1, 0.15) is 5.75 Å². The number of rotatable bonds is 0. The maximum atomic E-state index is 9.33. The van der Waals surface area contributed by atoms with Crippen molar-refractivity contribution in [1.29, 1.82) is 0 Å². The number of phenolic OH excluding ortho intramolecular Hbond substituents is 1. The molecule has 0 aromatic heterocycles. The van der Waals surface area contributed by atoms with E-state index in [-0.39, 0.29) is 0 Å². The molecule has 0 fully saturated rings. The van der Waals surface area contributed by atoms with E-state index in [2.05, 4.69) is 4.85 Å². The minimum absolute atomic E-state index is 0.329. The molecule has 1 N–H and O–H groups in total. The predicted octanol–water partition coefficient (Wildman–Crippen LogP) is 1.25. The van der Waals surface area contributed by atoms with Crippen LogP contribution in [0.4, 0.5) is 0 Å². The van der Waals surface area contributed by atoms with Crippen molar-refractivity contribution >= 4 is 15.8 Å². The van der Waals surface area contributed by atoms with Crippen molar-refractivity contribution in [2.45, 2.75) is 6.92 Å². The van der Waals surface area contributed by atoms with Gasteiger partial charge in [0, 0.05) is 0 Å². The van der Waals surface area contributed by atoms with E-state index in [4.69, 9.17) is 11.7 Å². The molecule has 0 aliphatic rings. The quantitative estimate of drug-likeness (QED) is 0.519. The van der Waals surface area contributed by atoms with Crippen molar-refractivity contribution in [3.05, 3.63) is 41.2 Å². The smallest absolute Gasteiger partial charge is 0.270 e. The zero-order valence-corrected chi connectivity index (χ0v) is 8.32. The van der Waals surface area contributed by atoms with E-state index in [1.807, 2.05) is 19.1 Å². The normalized spacial score (nSPS) is 7.71. The third kappa shape index (κ3) is 6.88. The zero-order chi connectivity index (χ0) is 11.0. The summed E-state index contributed by atoms with van der Waals surface area (Å²) >= 11 is 0. The molecule has 0 saturated carbocycles. The summed E-state index contributed by atoms with van der Waals surface area (Å²) in [5, 5.41) is 8.76. The molecule has 0 amide bonds. The van der Waals surface area contributed by atoms with Gasteiger partial charge in [0.05, 0.1) is 6.57 Å². The summed E-state index contributed by atoms with van der Waals surface area (Å²) in [7, 11) is -2.29. The SMILES string of the molecule is Cc1ccc(O)cc1.[C-]#[N+]C=S(=O)=O. The van der Waals surface area contributed by atoms with Gasteiger partial charge in [-0.25, -0.2) is 4.85 Å². The third-order valence-corrected chi connectivity index (χ3v) is 1.45. The summed E-state index contributed by atoms with van der Waals surface area (Å²) in [6, 6.07) is 7.09. The molecule has 0 unspecified atom stereocenters. The lowest BCUT2D eigenvalue weighted by atomic mass is 10.2. The van der Waals surface area contributed by atoms with Crippen LogP contribution in [0.2, 0.25) is 0 Å². The Morgan fingerprint density at radius 3 is 2.07 bits per heavy atom. The number of aryl methyl sites for hydroxylation is 1. The van der Waals surface area contributed by atoms with E-state index in [0.29, 0.717) is 11.2 Å². The highest BCUT2D eigenvalue weighted by Gasteiger charge is 1.82. The van der Waals surface area contributed by atoms with Crippen molar-refractivity contribution in [3.63, 3.8) is 0 Å². The van der Waals surface area contributed by atoms with E-state index < -0.39 is 10.3 Å². The molecule has 0 atom stereocenters. The van der Waals surface area contributed by atoms with E-state index >= 15 is 0 Å². The fourth-order valence-corrected chi connectivity index (χ4v) is 0.674. The predicted molar refractivity (Wildman–Crippen MR) is 54.4 cm³/mol. The Morgan fingerprint density at radius 1 is 1.36 bits per heavy atom. The lowest BCUT2D eigenvalue weighted by Gasteiger charge is -1.89. The van der Waals surface area contributed by atoms with E-state index in [1.165, 1.54) is 5.56 Å². The second kappa shape index (κ2) is 6.69. The molecule has 0 radical (unpaired) electrons. The van der Waals surface area contributed by atoms with Gasteiger partial charge in [-0.1, -0.05) is 17.7 Å². The minimum atomic E-state index is -2.29. The standard InChI is InChI=1S/C7H8O.C2HNO2S/c1-6-2-4-7(8)5-3-6;1-3-2-6(4)5/h2-5,8H,1H3;2H. The summed E-state index contributed by atoms with van der Waals surface area (Å²) in [6.07, 6.45) is 0. The summed E-state index contributed by atoms with van der Waals surface area (Å²) in [4.78, 5) is 2.45. The highest BCUT2D eigenvalue weighted by molar-refractivity contribution is 7.71. The third-order valence-electron chi connectivity index (χ3n) is 1.17. The van der Waals surface area contributed by atoms with Crippen molar-refractivity contribution < 1.29 is 13.5 Å². The molecule has 74 valence electrons.